The summed E-state index contributed by atoms with van der Waals surface area (Å²) in [6, 6.07) is 7.68. The minimum atomic E-state index is -0.823. The van der Waals surface area contributed by atoms with Gasteiger partial charge in [-0.25, -0.2) is 0 Å². The maximum Gasteiger partial charge on any atom is 0.0789 e. The largest absolute Gasteiger partial charge is 0.396 e. The Kier molecular flexibility index (Phi) is 3.13. The van der Waals surface area contributed by atoms with E-state index in [0.29, 0.717) is 5.69 Å². The number of fused-ring (bicyclic) bond motifs is 1. The van der Waals surface area contributed by atoms with Crippen LogP contribution in [0.4, 0.5) is 11.4 Å². The van der Waals surface area contributed by atoms with Gasteiger partial charge in [0.25, 0.3) is 0 Å². The zero-order valence-corrected chi connectivity index (χ0v) is 10.9. The van der Waals surface area contributed by atoms with Gasteiger partial charge < -0.3 is 16.2 Å². The predicted molar refractivity (Wildman–Crippen MR) is 75.5 cm³/mol. The first-order valence-electron chi connectivity index (χ1n) is 6.01. The fourth-order valence-electron chi connectivity index (χ4n) is 1.71. The van der Waals surface area contributed by atoms with E-state index in [4.69, 9.17) is 5.73 Å². The molecule has 0 fully saturated rings. The smallest absolute Gasteiger partial charge is 0.0789 e. The summed E-state index contributed by atoms with van der Waals surface area (Å²) in [5.41, 5.74) is 7.45. The van der Waals surface area contributed by atoms with Crippen LogP contribution in [0.15, 0.2) is 30.5 Å². The van der Waals surface area contributed by atoms with Crippen molar-refractivity contribution in [3.8, 4) is 0 Å². The highest BCUT2D eigenvalue weighted by Gasteiger charge is 2.23. The third-order valence-corrected chi connectivity index (χ3v) is 3.23. The van der Waals surface area contributed by atoms with Gasteiger partial charge in [0, 0.05) is 5.39 Å². The Morgan fingerprint density at radius 1 is 1.33 bits per heavy atom. The number of nitrogens with one attached hydrogen (secondary N) is 1. The van der Waals surface area contributed by atoms with Gasteiger partial charge in [-0.1, -0.05) is 18.2 Å². The summed E-state index contributed by atoms with van der Waals surface area (Å²) >= 11 is 0. The number of anilines is 2. The Labute approximate surface area is 107 Å². The van der Waals surface area contributed by atoms with Crippen molar-refractivity contribution in [2.75, 3.05) is 11.1 Å². The van der Waals surface area contributed by atoms with E-state index in [9.17, 15) is 5.11 Å². The SMILES string of the molecule is CC(Nc1c(N)cnc2ccccc12)C(C)(C)O. The molecule has 0 aliphatic heterocycles. The van der Waals surface area contributed by atoms with E-state index in [-0.39, 0.29) is 6.04 Å². The molecule has 0 aliphatic carbocycles. The van der Waals surface area contributed by atoms with Crippen LogP contribution in [-0.2, 0) is 0 Å². The molecule has 1 unspecified atom stereocenters. The number of nitrogens with zero attached hydrogens (tertiary/aromatic N) is 1. The molecule has 0 saturated carbocycles. The number of benzene rings is 1. The predicted octanol–water partition coefficient (Wildman–Crippen LogP) is 2.39. The number of para-hydroxylation sites is 1. The van der Waals surface area contributed by atoms with Crippen molar-refractivity contribution in [2.45, 2.75) is 32.4 Å². The number of aliphatic hydroxyl groups is 1. The lowest BCUT2D eigenvalue weighted by Gasteiger charge is -2.28. The van der Waals surface area contributed by atoms with Gasteiger partial charge in [-0.05, 0) is 26.8 Å². The van der Waals surface area contributed by atoms with Gasteiger partial charge in [-0.3, -0.25) is 4.98 Å². The molecule has 1 aromatic heterocycles. The maximum absolute atomic E-state index is 9.99. The van der Waals surface area contributed by atoms with Gasteiger partial charge in [0.2, 0.25) is 0 Å². The van der Waals surface area contributed by atoms with E-state index in [2.05, 4.69) is 10.3 Å². The number of pyridine rings is 1. The van der Waals surface area contributed by atoms with Crippen molar-refractivity contribution in [2.24, 2.45) is 0 Å². The summed E-state index contributed by atoms with van der Waals surface area (Å²) in [6.45, 7) is 5.46. The number of rotatable bonds is 3. The fourth-order valence-corrected chi connectivity index (χ4v) is 1.71. The zero-order valence-electron chi connectivity index (χ0n) is 10.9. The number of nitrogen functional groups attached to an aromatic ring is 1. The second kappa shape index (κ2) is 4.46. The summed E-state index contributed by atoms with van der Waals surface area (Å²) in [4.78, 5) is 4.28. The molecule has 1 heterocycles. The van der Waals surface area contributed by atoms with Crippen molar-refractivity contribution < 1.29 is 5.11 Å². The molecule has 18 heavy (non-hydrogen) atoms. The average molecular weight is 245 g/mol. The molecule has 1 aromatic carbocycles. The molecule has 0 radical (unpaired) electrons. The standard InChI is InChI=1S/C14H19N3O/c1-9(14(2,3)18)17-13-10-6-4-5-7-12(10)16-8-11(13)15/h4-9,18H,15H2,1-3H3,(H,16,17). The summed E-state index contributed by atoms with van der Waals surface area (Å²) in [5.74, 6) is 0. The molecule has 4 N–H and O–H groups in total. The van der Waals surface area contributed by atoms with Crippen LogP contribution in [0.1, 0.15) is 20.8 Å². The highest BCUT2D eigenvalue weighted by atomic mass is 16.3. The Morgan fingerprint density at radius 3 is 2.67 bits per heavy atom. The van der Waals surface area contributed by atoms with Crippen LogP contribution >= 0.6 is 0 Å². The van der Waals surface area contributed by atoms with Gasteiger partial charge in [0.15, 0.2) is 0 Å². The lowest BCUT2D eigenvalue weighted by Crippen LogP contribution is -2.39. The molecule has 2 aromatic rings. The molecule has 2 rings (SSSR count). The lowest BCUT2D eigenvalue weighted by atomic mass is 10.00. The van der Waals surface area contributed by atoms with Crippen LogP contribution in [0.3, 0.4) is 0 Å². The van der Waals surface area contributed by atoms with E-state index < -0.39 is 5.60 Å². The maximum atomic E-state index is 9.99. The van der Waals surface area contributed by atoms with Crippen molar-refractivity contribution in [1.82, 2.24) is 4.98 Å². The second-order valence-electron chi connectivity index (χ2n) is 5.13. The Hall–Kier alpha value is -1.81. The normalized spacial score (nSPS) is 13.6. The first-order valence-corrected chi connectivity index (χ1v) is 6.01. The van der Waals surface area contributed by atoms with Crippen LogP contribution in [0.2, 0.25) is 0 Å². The summed E-state index contributed by atoms with van der Waals surface area (Å²) in [7, 11) is 0. The highest BCUT2D eigenvalue weighted by molar-refractivity contribution is 5.96. The van der Waals surface area contributed by atoms with Crippen LogP contribution in [0.5, 0.6) is 0 Å². The number of hydrogen-bond donors (Lipinski definition) is 3. The molecule has 4 nitrogen and oxygen atoms in total. The Morgan fingerprint density at radius 2 is 2.00 bits per heavy atom. The van der Waals surface area contributed by atoms with Gasteiger partial charge in [0.1, 0.15) is 0 Å². The van der Waals surface area contributed by atoms with Gasteiger partial charge in [-0.15, -0.1) is 0 Å². The molecule has 1 atom stereocenters. The first-order chi connectivity index (χ1) is 8.39. The van der Waals surface area contributed by atoms with Crippen molar-refractivity contribution in [1.29, 1.82) is 0 Å². The Bertz CT molecular complexity index is 560. The molecule has 4 heteroatoms. The van der Waals surface area contributed by atoms with Crippen molar-refractivity contribution in [3.63, 3.8) is 0 Å². The van der Waals surface area contributed by atoms with Gasteiger partial charge >= 0.3 is 0 Å². The highest BCUT2D eigenvalue weighted by Crippen LogP contribution is 2.29. The molecular weight excluding hydrogens is 226 g/mol. The van der Waals surface area contributed by atoms with E-state index in [1.54, 1.807) is 20.0 Å². The van der Waals surface area contributed by atoms with Crippen LogP contribution < -0.4 is 11.1 Å². The number of aromatic nitrogens is 1. The summed E-state index contributed by atoms with van der Waals surface area (Å²) < 4.78 is 0. The fraction of sp³-hybridized carbons (Fsp3) is 0.357. The number of nitrogens with two attached hydrogens (primary N) is 1. The average Bonchev–Trinajstić information content (AvgIpc) is 2.31. The molecule has 0 bridgehead atoms. The molecule has 0 saturated heterocycles. The van der Waals surface area contributed by atoms with E-state index >= 15 is 0 Å². The Balaban J connectivity index is 2.47. The number of hydrogen-bond acceptors (Lipinski definition) is 4. The van der Waals surface area contributed by atoms with E-state index in [1.807, 2.05) is 31.2 Å². The minimum absolute atomic E-state index is 0.120. The van der Waals surface area contributed by atoms with Crippen LogP contribution in [0, 0.1) is 0 Å². The van der Waals surface area contributed by atoms with Crippen molar-refractivity contribution in [3.05, 3.63) is 30.5 Å². The molecule has 0 amide bonds. The first kappa shape index (κ1) is 12.6. The molecule has 0 aliphatic rings. The van der Waals surface area contributed by atoms with E-state index in [1.165, 1.54) is 0 Å². The zero-order chi connectivity index (χ0) is 13.3. The van der Waals surface area contributed by atoms with Crippen LogP contribution in [-0.4, -0.2) is 21.7 Å². The van der Waals surface area contributed by atoms with Gasteiger partial charge in [0.05, 0.1) is 34.7 Å². The summed E-state index contributed by atoms with van der Waals surface area (Å²) in [5, 5.41) is 14.2. The summed E-state index contributed by atoms with van der Waals surface area (Å²) in [6.07, 6.45) is 1.64. The molecule has 96 valence electrons. The third-order valence-electron chi connectivity index (χ3n) is 3.23. The third kappa shape index (κ3) is 2.38. The molecule has 0 spiro atoms. The lowest BCUT2D eigenvalue weighted by molar-refractivity contribution is 0.0650. The van der Waals surface area contributed by atoms with Crippen LogP contribution in [0.25, 0.3) is 10.9 Å². The second-order valence-corrected chi connectivity index (χ2v) is 5.13. The monoisotopic (exact) mass is 245 g/mol. The topological polar surface area (TPSA) is 71.2 Å². The molecular formula is C14H19N3O. The van der Waals surface area contributed by atoms with Crippen molar-refractivity contribution >= 4 is 22.3 Å². The quantitative estimate of drug-likeness (QED) is 0.776. The minimum Gasteiger partial charge on any atom is -0.396 e. The van der Waals surface area contributed by atoms with Gasteiger partial charge in [-0.2, -0.15) is 0 Å². The van der Waals surface area contributed by atoms with E-state index in [0.717, 1.165) is 16.6 Å².